The summed E-state index contributed by atoms with van der Waals surface area (Å²) in [6.07, 6.45) is 0. The molecule has 1 heterocycles. The smallest absolute Gasteiger partial charge is 0.234 e. The molecule has 0 saturated heterocycles. The SMILES string of the molecule is COc1ccc(Cl)cc1NC(=O)CSc1nnc(-c2ccc(C(C)(C)C)cc2)n1N. The van der Waals surface area contributed by atoms with Gasteiger partial charge in [0.2, 0.25) is 11.1 Å². The molecule has 3 rings (SSSR count). The molecule has 9 heteroatoms. The van der Waals surface area contributed by atoms with E-state index in [1.807, 2.05) is 12.1 Å². The first-order valence-corrected chi connectivity index (χ1v) is 10.6. The average Bonchev–Trinajstić information content (AvgIpc) is 3.06. The second kappa shape index (κ2) is 8.97. The van der Waals surface area contributed by atoms with Crippen molar-refractivity contribution >= 4 is 35.0 Å². The third kappa shape index (κ3) is 5.06. The molecule has 0 spiro atoms. The standard InChI is InChI=1S/C21H24ClN5O2S/c1-21(2,3)14-7-5-13(6-8-14)19-25-26-20(27(19)23)30-12-18(28)24-16-11-15(22)9-10-17(16)29-4/h5-11H,12,23H2,1-4H3,(H,24,28). The Balaban J connectivity index is 1.67. The number of methoxy groups -OCH3 is 1. The Bertz CT molecular complexity index is 1040. The zero-order valence-corrected chi connectivity index (χ0v) is 18.8. The number of nitrogen functional groups attached to an aromatic ring is 1. The highest BCUT2D eigenvalue weighted by Gasteiger charge is 2.17. The van der Waals surface area contributed by atoms with Gasteiger partial charge in [-0.15, -0.1) is 10.2 Å². The van der Waals surface area contributed by atoms with Crippen molar-refractivity contribution < 1.29 is 9.53 Å². The summed E-state index contributed by atoms with van der Waals surface area (Å²) in [5.41, 5.74) is 2.65. The van der Waals surface area contributed by atoms with E-state index in [-0.39, 0.29) is 17.1 Å². The number of nitrogens with one attached hydrogen (secondary N) is 1. The third-order valence-electron chi connectivity index (χ3n) is 4.44. The lowest BCUT2D eigenvalue weighted by molar-refractivity contribution is -0.113. The molecule has 0 bridgehead atoms. The van der Waals surface area contributed by atoms with Gasteiger partial charge in [0.05, 0.1) is 18.6 Å². The van der Waals surface area contributed by atoms with Gasteiger partial charge in [-0.1, -0.05) is 68.4 Å². The summed E-state index contributed by atoms with van der Waals surface area (Å²) in [6, 6.07) is 13.1. The van der Waals surface area contributed by atoms with Gasteiger partial charge in [-0.25, -0.2) is 4.68 Å². The van der Waals surface area contributed by atoms with E-state index in [0.717, 1.165) is 5.56 Å². The minimum Gasteiger partial charge on any atom is -0.495 e. The largest absolute Gasteiger partial charge is 0.495 e. The number of ether oxygens (including phenoxy) is 1. The van der Waals surface area contributed by atoms with Crippen LogP contribution in [-0.4, -0.2) is 33.6 Å². The van der Waals surface area contributed by atoms with Gasteiger partial charge in [-0.05, 0) is 29.2 Å². The number of carbonyl (C=O) groups excluding carboxylic acids is 1. The van der Waals surface area contributed by atoms with E-state index in [1.54, 1.807) is 18.2 Å². The minimum absolute atomic E-state index is 0.0644. The summed E-state index contributed by atoms with van der Waals surface area (Å²) in [5.74, 6) is 7.10. The average molecular weight is 446 g/mol. The van der Waals surface area contributed by atoms with Gasteiger partial charge in [0.1, 0.15) is 5.75 Å². The Hall–Kier alpha value is -2.71. The fourth-order valence-electron chi connectivity index (χ4n) is 2.79. The first-order valence-electron chi connectivity index (χ1n) is 9.26. The van der Waals surface area contributed by atoms with Crippen LogP contribution in [0.1, 0.15) is 26.3 Å². The summed E-state index contributed by atoms with van der Waals surface area (Å²) in [7, 11) is 1.53. The molecule has 30 heavy (non-hydrogen) atoms. The predicted octanol–water partition coefficient (Wildman–Crippen LogP) is 4.35. The van der Waals surface area contributed by atoms with Crippen LogP contribution >= 0.6 is 23.4 Å². The maximum absolute atomic E-state index is 12.4. The van der Waals surface area contributed by atoms with Crippen LogP contribution in [0, 0.1) is 0 Å². The van der Waals surface area contributed by atoms with Crippen LogP contribution in [-0.2, 0) is 10.2 Å². The number of nitrogens with zero attached hydrogens (tertiary/aromatic N) is 3. The summed E-state index contributed by atoms with van der Waals surface area (Å²) in [5, 5.41) is 12.0. The maximum atomic E-state index is 12.4. The van der Waals surface area contributed by atoms with Crippen LogP contribution in [0.3, 0.4) is 0 Å². The van der Waals surface area contributed by atoms with Gasteiger partial charge in [0.25, 0.3) is 0 Å². The number of nitrogens with two attached hydrogens (primary N) is 1. The molecule has 1 amide bonds. The van der Waals surface area contributed by atoms with E-state index in [4.69, 9.17) is 22.2 Å². The van der Waals surface area contributed by atoms with E-state index >= 15 is 0 Å². The molecule has 7 nitrogen and oxygen atoms in total. The van der Waals surface area contributed by atoms with E-state index in [1.165, 1.54) is 29.1 Å². The zero-order valence-electron chi connectivity index (χ0n) is 17.3. The topological polar surface area (TPSA) is 95.1 Å². The van der Waals surface area contributed by atoms with Crippen molar-refractivity contribution in [2.24, 2.45) is 0 Å². The number of rotatable bonds is 6. The lowest BCUT2D eigenvalue weighted by Gasteiger charge is -2.19. The lowest BCUT2D eigenvalue weighted by atomic mass is 9.87. The Kier molecular flexibility index (Phi) is 6.58. The van der Waals surface area contributed by atoms with Crippen molar-refractivity contribution in [3.63, 3.8) is 0 Å². The van der Waals surface area contributed by atoms with Crippen LogP contribution < -0.4 is 15.9 Å². The van der Waals surface area contributed by atoms with E-state index < -0.39 is 0 Å². The van der Waals surface area contributed by atoms with Gasteiger partial charge in [0, 0.05) is 10.6 Å². The fourth-order valence-corrected chi connectivity index (χ4v) is 3.61. The van der Waals surface area contributed by atoms with Crippen molar-refractivity contribution in [3.8, 4) is 17.1 Å². The number of halogens is 1. The van der Waals surface area contributed by atoms with E-state index in [9.17, 15) is 4.79 Å². The van der Waals surface area contributed by atoms with Gasteiger partial charge >= 0.3 is 0 Å². The number of hydrogen-bond donors (Lipinski definition) is 2. The van der Waals surface area contributed by atoms with Gasteiger partial charge < -0.3 is 15.9 Å². The van der Waals surface area contributed by atoms with Crippen molar-refractivity contribution in [1.82, 2.24) is 14.9 Å². The van der Waals surface area contributed by atoms with Crippen LogP contribution in [0.15, 0.2) is 47.6 Å². The Morgan fingerprint density at radius 3 is 2.53 bits per heavy atom. The molecule has 0 atom stereocenters. The lowest BCUT2D eigenvalue weighted by Crippen LogP contribution is -2.17. The van der Waals surface area contributed by atoms with Crippen LogP contribution in [0.5, 0.6) is 5.75 Å². The predicted molar refractivity (Wildman–Crippen MR) is 122 cm³/mol. The van der Waals surface area contributed by atoms with Crippen molar-refractivity contribution in [3.05, 3.63) is 53.1 Å². The van der Waals surface area contributed by atoms with Crippen molar-refractivity contribution in [2.45, 2.75) is 31.3 Å². The van der Waals surface area contributed by atoms with Crippen molar-refractivity contribution in [1.29, 1.82) is 0 Å². The van der Waals surface area contributed by atoms with Crippen LogP contribution in [0.25, 0.3) is 11.4 Å². The number of benzene rings is 2. The molecule has 0 saturated carbocycles. The highest BCUT2D eigenvalue weighted by atomic mass is 35.5. The molecule has 3 N–H and O–H groups in total. The number of aromatic nitrogens is 3. The monoisotopic (exact) mass is 445 g/mol. The highest BCUT2D eigenvalue weighted by Crippen LogP contribution is 2.29. The summed E-state index contributed by atoms with van der Waals surface area (Å²) in [6.45, 7) is 6.48. The zero-order chi connectivity index (χ0) is 21.9. The maximum Gasteiger partial charge on any atom is 0.234 e. The molecule has 0 unspecified atom stereocenters. The minimum atomic E-state index is -0.236. The molecule has 3 aromatic rings. The first-order chi connectivity index (χ1) is 14.2. The van der Waals surface area contributed by atoms with Crippen LogP contribution in [0.2, 0.25) is 5.02 Å². The molecule has 0 radical (unpaired) electrons. The summed E-state index contributed by atoms with van der Waals surface area (Å²) < 4.78 is 6.63. The molecule has 0 aliphatic heterocycles. The number of thioether (sulfide) groups is 1. The molecule has 2 aromatic carbocycles. The number of anilines is 1. The van der Waals surface area contributed by atoms with Gasteiger partial charge in [-0.2, -0.15) is 0 Å². The van der Waals surface area contributed by atoms with Gasteiger partial charge in [-0.3, -0.25) is 4.79 Å². The second-order valence-electron chi connectivity index (χ2n) is 7.68. The first kappa shape index (κ1) is 22.0. The Labute approximate surface area is 184 Å². The molecule has 158 valence electrons. The summed E-state index contributed by atoms with van der Waals surface area (Å²) >= 11 is 7.19. The normalized spacial score (nSPS) is 11.4. The quantitative estimate of drug-likeness (QED) is 0.432. The molecule has 0 aliphatic carbocycles. The second-order valence-corrected chi connectivity index (χ2v) is 9.06. The number of hydrogen-bond acceptors (Lipinski definition) is 6. The molecule has 0 fully saturated rings. The van der Waals surface area contributed by atoms with E-state index in [2.05, 4.69) is 48.4 Å². The Morgan fingerprint density at radius 2 is 1.90 bits per heavy atom. The fraction of sp³-hybridized carbons (Fsp3) is 0.286. The molecule has 1 aromatic heterocycles. The highest BCUT2D eigenvalue weighted by molar-refractivity contribution is 7.99. The number of amides is 1. The third-order valence-corrected chi connectivity index (χ3v) is 5.62. The Morgan fingerprint density at radius 1 is 1.20 bits per heavy atom. The molecular weight excluding hydrogens is 422 g/mol. The van der Waals surface area contributed by atoms with Crippen molar-refractivity contribution in [2.75, 3.05) is 24.0 Å². The van der Waals surface area contributed by atoms with Gasteiger partial charge in [0.15, 0.2) is 5.82 Å². The van der Waals surface area contributed by atoms with Crippen LogP contribution in [0.4, 0.5) is 5.69 Å². The molecular formula is C21H24ClN5O2S. The summed E-state index contributed by atoms with van der Waals surface area (Å²) in [4.78, 5) is 12.4. The molecule has 0 aliphatic rings. The van der Waals surface area contributed by atoms with E-state index in [0.29, 0.717) is 27.4 Å². The number of carbonyl (C=O) groups is 1.